The number of rotatable bonds is 4. The van der Waals surface area contributed by atoms with E-state index in [2.05, 4.69) is 9.97 Å². The van der Waals surface area contributed by atoms with Crippen LogP contribution in [0, 0.1) is 17.7 Å². The van der Waals surface area contributed by atoms with Crippen LogP contribution in [-0.4, -0.2) is 51.5 Å². The van der Waals surface area contributed by atoms with E-state index in [1.165, 1.54) is 34.2 Å². The van der Waals surface area contributed by atoms with Gasteiger partial charge in [-0.05, 0) is 12.1 Å². The second-order valence-corrected chi connectivity index (χ2v) is 10.4. The lowest BCUT2D eigenvalue weighted by Crippen LogP contribution is -2.38. The van der Waals surface area contributed by atoms with Crippen molar-refractivity contribution in [1.29, 1.82) is 0 Å². The third-order valence-electron chi connectivity index (χ3n) is 6.25. The number of fused-ring (bicyclic) bond motifs is 1. The lowest BCUT2D eigenvalue weighted by molar-refractivity contribution is 0.0773. The van der Waals surface area contributed by atoms with Gasteiger partial charge in [-0.1, -0.05) is 23.2 Å². The van der Waals surface area contributed by atoms with Crippen molar-refractivity contribution in [2.24, 2.45) is 18.9 Å². The van der Waals surface area contributed by atoms with Crippen molar-refractivity contribution in [2.45, 2.75) is 6.04 Å². The second-order valence-electron chi connectivity index (χ2n) is 8.07. The molecule has 11 heteroatoms. The molecule has 1 amide bonds. The van der Waals surface area contributed by atoms with Gasteiger partial charge in [0.25, 0.3) is 11.5 Å². The monoisotopic (exact) mass is 493 g/mol. The predicted octanol–water partition coefficient (Wildman–Crippen LogP) is 3.56. The zero-order chi connectivity index (χ0) is 22.7. The molecule has 0 unspecified atom stereocenters. The fourth-order valence-electron chi connectivity index (χ4n) is 4.59. The minimum atomic E-state index is -0.536. The maximum Gasteiger partial charge on any atom is 0.256 e. The molecule has 4 heterocycles. The maximum absolute atomic E-state index is 14.2. The lowest BCUT2D eigenvalue weighted by Gasteiger charge is -2.26. The molecule has 0 N–H and O–H groups in total. The molecule has 1 saturated heterocycles. The van der Waals surface area contributed by atoms with Crippen LogP contribution in [0.25, 0.3) is 11.3 Å². The molecule has 32 heavy (non-hydrogen) atoms. The van der Waals surface area contributed by atoms with Crippen LogP contribution in [0.4, 0.5) is 10.3 Å². The van der Waals surface area contributed by atoms with Crippen LogP contribution in [0.2, 0.25) is 8.67 Å². The van der Waals surface area contributed by atoms with Gasteiger partial charge in [-0.3, -0.25) is 19.1 Å². The normalized spacial score (nSPS) is 21.5. The van der Waals surface area contributed by atoms with Crippen LogP contribution < -0.4 is 10.5 Å². The zero-order valence-electron chi connectivity index (χ0n) is 17.1. The third kappa shape index (κ3) is 3.48. The summed E-state index contributed by atoms with van der Waals surface area (Å²) in [4.78, 5) is 37.4. The Bertz CT molecular complexity index is 1280. The van der Waals surface area contributed by atoms with Crippen molar-refractivity contribution in [3.63, 3.8) is 0 Å². The summed E-state index contributed by atoms with van der Waals surface area (Å²) in [6.07, 6.45) is 2.56. The van der Waals surface area contributed by atoms with Crippen molar-refractivity contribution in [3.05, 3.63) is 61.0 Å². The molecule has 1 aliphatic heterocycles. The fraction of sp³-hybridized carbons (Fsp3) is 0.333. The first kappa shape index (κ1) is 21.4. The van der Waals surface area contributed by atoms with E-state index < -0.39 is 5.82 Å². The molecule has 2 fully saturated rings. The number of anilines is 1. The average Bonchev–Trinajstić information content (AvgIpc) is 3.06. The summed E-state index contributed by atoms with van der Waals surface area (Å²) >= 11 is 13.3. The zero-order valence-corrected chi connectivity index (χ0v) is 19.5. The minimum Gasteiger partial charge on any atom is -0.342 e. The lowest BCUT2D eigenvalue weighted by atomic mass is 10.2. The highest BCUT2D eigenvalue weighted by Crippen LogP contribution is 2.50. The highest BCUT2D eigenvalue weighted by molar-refractivity contribution is 7.20. The molecule has 0 spiro atoms. The third-order valence-corrected chi connectivity index (χ3v) is 7.73. The summed E-state index contributed by atoms with van der Waals surface area (Å²) in [6.45, 7) is 1.18. The number of carbonyl (C=O) groups excluding carboxylic acids is 1. The molecule has 1 aliphatic carbocycles. The van der Waals surface area contributed by atoms with Gasteiger partial charge in [-0.2, -0.15) is 0 Å². The number of hydrogen-bond acceptors (Lipinski definition) is 6. The van der Waals surface area contributed by atoms with E-state index in [0.29, 0.717) is 33.3 Å². The Morgan fingerprint density at radius 1 is 1.28 bits per heavy atom. The molecular formula is C21H18Cl2FN5O2S. The number of piperidine rings is 1. The quantitative estimate of drug-likeness (QED) is 0.555. The Morgan fingerprint density at radius 3 is 2.62 bits per heavy atom. The molecular weight excluding hydrogens is 476 g/mol. The van der Waals surface area contributed by atoms with Gasteiger partial charge in [0.05, 0.1) is 21.8 Å². The molecule has 5 rings (SSSR count). The number of pyridine rings is 1. The van der Waals surface area contributed by atoms with Crippen molar-refractivity contribution >= 4 is 46.4 Å². The van der Waals surface area contributed by atoms with E-state index in [4.69, 9.17) is 23.2 Å². The van der Waals surface area contributed by atoms with Crippen molar-refractivity contribution < 1.29 is 9.18 Å². The van der Waals surface area contributed by atoms with Crippen molar-refractivity contribution in [3.8, 4) is 11.3 Å². The Morgan fingerprint density at radius 2 is 2.00 bits per heavy atom. The number of nitrogens with zero attached hydrogens (tertiary/aromatic N) is 5. The van der Waals surface area contributed by atoms with Crippen LogP contribution in [0.5, 0.6) is 0 Å². The number of aromatic nitrogens is 3. The first-order valence-electron chi connectivity index (χ1n) is 9.91. The summed E-state index contributed by atoms with van der Waals surface area (Å²) in [7, 11) is 3.52. The van der Waals surface area contributed by atoms with Crippen LogP contribution in [-0.2, 0) is 7.05 Å². The standard InChI is InChI=1S/C21H18Cl2FN5O2S/c1-27-17(30)6-15(10-3-4-25-7-14(10)24)26-21(27)28(2)18-12-8-29(9-13(12)18)20(31)11-5-16(22)32-19(11)23/h3-7,12-13,18H,8-9H2,1-2H3/t12-,13+,18-. The Kier molecular flexibility index (Phi) is 5.22. The van der Waals surface area contributed by atoms with Crippen LogP contribution in [0.1, 0.15) is 10.4 Å². The number of halogens is 3. The number of thiophene rings is 1. The Hall–Kier alpha value is -2.49. The fourth-order valence-corrected chi connectivity index (χ4v) is 6.04. The second kappa shape index (κ2) is 7.83. The molecule has 7 nitrogen and oxygen atoms in total. The highest BCUT2D eigenvalue weighted by atomic mass is 35.5. The van der Waals surface area contributed by atoms with Crippen molar-refractivity contribution in [2.75, 3.05) is 25.0 Å². The maximum atomic E-state index is 14.2. The average molecular weight is 494 g/mol. The summed E-state index contributed by atoms with van der Waals surface area (Å²) in [6, 6.07) is 4.56. The largest absolute Gasteiger partial charge is 0.342 e. The number of likely N-dealkylation sites (tertiary alicyclic amines) is 1. The minimum absolute atomic E-state index is 0.118. The van der Waals surface area contributed by atoms with Crippen LogP contribution in [0.15, 0.2) is 35.4 Å². The first-order chi connectivity index (χ1) is 15.3. The van der Waals surface area contributed by atoms with Gasteiger partial charge in [0.1, 0.15) is 4.34 Å². The van der Waals surface area contributed by atoms with Crippen LogP contribution >= 0.6 is 34.5 Å². The van der Waals surface area contributed by atoms with Gasteiger partial charge >= 0.3 is 0 Å². The molecule has 3 atom stereocenters. The van der Waals surface area contributed by atoms with E-state index in [1.807, 2.05) is 11.9 Å². The van der Waals surface area contributed by atoms with Crippen LogP contribution in [0.3, 0.4) is 0 Å². The summed E-state index contributed by atoms with van der Waals surface area (Å²) in [5.74, 6) is 0.317. The van der Waals surface area contributed by atoms with Gasteiger partial charge in [-0.15, -0.1) is 11.3 Å². The van der Waals surface area contributed by atoms with E-state index >= 15 is 0 Å². The van der Waals surface area contributed by atoms with Gasteiger partial charge < -0.3 is 9.80 Å². The van der Waals surface area contributed by atoms with Gasteiger partial charge in [0.15, 0.2) is 5.82 Å². The smallest absolute Gasteiger partial charge is 0.256 e. The van der Waals surface area contributed by atoms with Gasteiger partial charge in [-0.25, -0.2) is 9.37 Å². The molecule has 0 aromatic carbocycles. The van der Waals surface area contributed by atoms with E-state index in [-0.39, 0.29) is 40.6 Å². The Balaban J connectivity index is 1.35. The first-order valence-corrected chi connectivity index (χ1v) is 11.5. The summed E-state index contributed by atoms with van der Waals surface area (Å²) in [5, 5.41) is 0. The molecule has 166 valence electrons. The highest BCUT2D eigenvalue weighted by Gasteiger charge is 2.59. The number of carbonyl (C=O) groups is 1. The van der Waals surface area contributed by atoms with Gasteiger partial charge in [0.2, 0.25) is 5.95 Å². The molecule has 2 aliphatic rings. The van der Waals surface area contributed by atoms with Crippen molar-refractivity contribution in [1.82, 2.24) is 19.4 Å². The summed E-state index contributed by atoms with van der Waals surface area (Å²) < 4.78 is 16.5. The molecule has 3 aromatic rings. The number of amides is 1. The van der Waals surface area contributed by atoms with E-state index in [1.54, 1.807) is 18.0 Å². The van der Waals surface area contributed by atoms with Gasteiger partial charge in [0, 0.05) is 62.9 Å². The molecule has 0 bridgehead atoms. The molecule has 0 radical (unpaired) electrons. The number of hydrogen-bond donors (Lipinski definition) is 0. The molecule has 1 saturated carbocycles. The predicted molar refractivity (Wildman–Crippen MR) is 122 cm³/mol. The summed E-state index contributed by atoms with van der Waals surface area (Å²) in [5.41, 5.74) is 0.650. The van der Waals surface area contributed by atoms with E-state index in [0.717, 1.165) is 6.20 Å². The van der Waals surface area contributed by atoms with E-state index in [9.17, 15) is 14.0 Å². The topological polar surface area (TPSA) is 71.3 Å². The Labute approximate surface area is 197 Å². The SMILES string of the molecule is CN(c1nc(-c2ccncc2F)cc(=O)n1C)[C@@H]1[C@@H]2CN(C(=O)c3cc(Cl)sc3Cl)C[C@@H]21. The molecule has 3 aromatic heterocycles.